The summed E-state index contributed by atoms with van der Waals surface area (Å²) in [4.78, 5) is 5.40. The molecule has 2 heterocycles. The van der Waals surface area contributed by atoms with Crippen molar-refractivity contribution < 1.29 is 0 Å². The van der Waals surface area contributed by atoms with Gasteiger partial charge in [0.05, 0.1) is 11.9 Å². The van der Waals surface area contributed by atoms with Crippen LogP contribution in [-0.4, -0.2) is 20.6 Å². The van der Waals surface area contributed by atoms with E-state index in [0.29, 0.717) is 6.04 Å². The molecule has 3 rings (SSSR count). The van der Waals surface area contributed by atoms with Gasteiger partial charge in [-0.05, 0) is 25.7 Å². The quantitative estimate of drug-likeness (QED) is 0.890. The third-order valence-corrected chi connectivity index (χ3v) is 4.44. The SMILES string of the molecule is Cc1cn2nc(NC3CCCCC3C)sc2n1. The van der Waals surface area contributed by atoms with E-state index in [9.17, 15) is 0 Å². The fourth-order valence-corrected chi connectivity index (χ4v) is 3.45. The molecule has 5 heteroatoms. The monoisotopic (exact) mass is 250 g/mol. The number of hydrogen-bond donors (Lipinski definition) is 1. The van der Waals surface area contributed by atoms with E-state index in [2.05, 4.69) is 22.3 Å². The van der Waals surface area contributed by atoms with Crippen molar-refractivity contribution in [1.82, 2.24) is 14.6 Å². The number of imidazole rings is 1. The molecule has 0 spiro atoms. The van der Waals surface area contributed by atoms with Crippen LogP contribution in [0.1, 0.15) is 38.3 Å². The summed E-state index contributed by atoms with van der Waals surface area (Å²) in [6, 6.07) is 0.584. The first-order chi connectivity index (χ1) is 8.22. The van der Waals surface area contributed by atoms with E-state index in [1.54, 1.807) is 11.3 Å². The second-order valence-electron chi connectivity index (χ2n) is 5.03. The van der Waals surface area contributed by atoms with Gasteiger partial charge in [-0.2, -0.15) is 0 Å². The van der Waals surface area contributed by atoms with Gasteiger partial charge in [-0.3, -0.25) is 0 Å². The largest absolute Gasteiger partial charge is 0.357 e. The fourth-order valence-electron chi connectivity index (χ4n) is 2.56. The smallest absolute Gasteiger partial charge is 0.214 e. The van der Waals surface area contributed by atoms with E-state index < -0.39 is 0 Å². The maximum Gasteiger partial charge on any atom is 0.214 e. The Hall–Kier alpha value is -1.10. The van der Waals surface area contributed by atoms with Crippen LogP contribution in [0, 0.1) is 12.8 Å². The Morgan fingerprint density at radius 3 is 3.00 bits per heavy atom. The summed E-state index contributed by atoms with van der Waals surface area (Å²) in [6.45, 7) is 4.33. The predicted octanol–water partition coefficient (Wildman–Crippen LogP) is 3.09. The van der Waals surface area contributed by atoms with Crippen molar-refractivity contribution in [2.45, 2.75) is 45.6 Å². The van der Waals surface area contributed by atoms with Crippen LogP contribution in [0.4, 0.5) is 5.13 Å². The molecule has 1 fully saturated rings. The predicted molar refractivity (Wildman–Crippen MR) is 70.6 cm³/mol. The number of aryl methyl sites for hydroxylation is 1. The van der Waals surface area contributed by atoms with Gasteiger partial charge in [0.15, 0.2) is 0 Å². The minimum Gasteiger partial charge on any atom is -0.357 e. The molecule has 1 aliphatic carbocycles. The summed E-state index contributed by atoms with van der Waals surface area (Å²) in [7, 11) is 0. The second-order valence-corrected chi connectivity index (χ2v) is 5.99. The van der Waals surface area contributed by atoms with Crippen LogP contribution in [0.25, 0.3) is 4.96 Å². The van der Waals surface area contributed by atoms with Gasteiger partial charge in [-0.1, -0.05) is 31.1 Å². The van der Waals surface area contributed by atoms with E-state index in [-0.39, 0.29) is 0 Å². The Labute approximate surface area is 105 Å². The molecule has 2 unspecified atom stereocenters. The van der Waals surface area contributed by atoms with Crippen LogP contribution in [0.15, 0.2) is 6.20 Å². The summed E-state index contributed by atoms with van der Waals surface area (Å²) in [5.74, 6) is 0.752. The van der Waals surface area contributed by atoms with E-state index in [4.69, 9.17) is 0 Å². The number of anilines is 1. The molecule has 2 aromatic rings. The summed E-state index contributed by atoms with van der Waals surface area (Å²) < 4.78 is 1.87. The number of rotatable bonds is 2. The molecule has 0 amide bonds. The normalized spacial score (nSPS) is 25.3. The number of hydrogen-bond acceptors (Lipinski definition) is 4. The molecule has 1 saturated carbocycles. The third-order valence-electron chi connectivity index (χ3n) is 3.58. The highest BCUT2D eigenvalue weighted by Gasteiger charge is 2.22. The highest BCUT2D eigenvalue weighted by Crippen LogP contribution is 2.28. The van der Waals surface area contributed by atoms with Gasteiger partial charge in [-0.15, -0.1) is 5.10 Å². The molecule has 0 radical (unpaired) electrons. The van der Waals surface area contributed by atoms with Crippen LogP contribution in [0.2, 0.25) is 0 Å². The van der Waals surface area contributed by atoms with Crippen molar-refractivity contribution in [3.05, 3.63) is 11.9 Å². The first kappa shape index (κ1) is 11.0. The minimum absolute atomic E-state index is 0.584. The molecular weight excluding hydrogens is 232 g/mol. The van der Waals surface area contributed by atoms with Gasteiger partial charge in [0, 0.05) is 6.04 Å². The molecule has 1 N–H and O–H groups in total. The lowest BCUT2D eigenvalue weighted by Gasteiger charge is -2.29. The summed E-state index contributed by atoms with van der Waals surface area (Å²) >= 11 is 1.64. The average Bonchev–Trinajstić information content (AvgIpc) is 2.78. The summed E-state index contributed by atoms with van der Waals surface area (Å²) in [5.41, 5.74) is 1.03. The molecule has 92 valence electrons. The van der Waals surface area contributed by atoms with Crippen molar-refractivity contribution in [3.63, 3.8) is 0 Å². The van der Waals surface area contributed by atoms with Gasteiger partial charge in [0.1, 0.15) is 0 Å². The lowest BCUT2D eigenvalue weighted by atomic mass is 9.86. The highest BCUT2D eigenvalue weighted by molar-refractivity contribution is 7.20. The number of aromatic nitrogens is 3. The van der Waals surface area contributed by atoms with Gasteiger partial charge < -0.3 is 5.32 Å². The van der Waals surface area contributed by atoms with Gasteiger partial charge in [-0.25, -0.2) is 9.50 Å². The van der Waals surface area contributed by atoms with E-state index in [1.807, 2.05) is 17.6 Å². The Bertz CT molecular complexity index is 484. The Kier molecular flexibility index (Phi) is 2.78. The van der Waals surface area contributed by atoms with Crippen LogP contribution in [0.5, 0.6) is 0 Å². The van der Waals surface area contributed by atoms with Crippen LogP contribution >= 0.6 is 11.3 Å². The van der Waals surface area contributed by atoms with Crippen molar-refractivity contribution in [2.24, 2.45) is 5.92 Å². The molecule has 1 aliphatic rings. The zero-order valence-corrected chi connectivity index (χ0v) is 11.1. The topological polar surface area (TPSA) is 42.2 Å². The molecule has 0 bridgehead atoms. The lowest BCUT2D eigenvalue weighted by Crippen LogP contribution is -2.30. The molecule has 0 aromatic carbocycles. The lowest BCUT2D eigenvalue weighted by molar-refractivity contribution is 0.349. The van der Waals surface area contributed by atoms with Crippen molar-refractivity contribution in [1.29, 1.82) is 0 Å². The van der Waals surface area contributed by atoms with Gasteiger partial charge >= 0.3 is 0 Å². The maximum atomic E-state index is 4.52. The first-order valence-electron chi connectivity index (χ1n) is 6.32. The molecular formula is C12H18N4S. The van der Waals surface area contributed by atoms with E-state index >= 15 is 0 Å². The molecule has 0 saturated heterocycles. The van der Waals surface area contributed by atoms with E-state index in [1.165, 1.54) is 25.7 Å². The number of nitrogens with zero attached hydrogens (tertiary/aromatic N) is 3. The number of nitrogens with one attached hydrogen (secondary N) is 1. The summed E-state index contributed by atoms with van der Waals surface area (Å²) in [5, 5.41) is 9.10. The Morgan fingerprint density at radius 2 is 2.24 bits per heavy atom. The van der Waals surface area contributed by atoms with Crippen molar-refractivity contribution in [3.8, 4) is 0 Å². The maximum absolute atomic E-state index is 4.52. The second kappa shape index (κ2) is 4.29. The van der Waals surface area contributed by atoms with Crippen molar-refractivity contribution >= 4 is 21.4 Å². The van der Waals surface area contributed by atoms with Crippen LogP contribution in [-0.2, 0) is 0 Å². The van der Waals surface area contributed by atoms with Gasteiger partial charge in [0.25, 0.3) is 0 Å². The Balaban J connectivity index is 1.77. The van der Waals surface area contributed by atoms with Crippen LogP contribution < -0.4 is 5.32 Å². The number of fused-ring (bicyclic) bond motifs is 1. The molecule has 2 atom stereocenters. The molecule has 4 nitrogen and oxygen atoms in total. The molecule has 0 aliphatic heterocycles. The minimum atomic E-state index is 0.584. The van der Waals surface area contributed by atoms with E-state index in [0.717, 1.165) is 21.7 Å². The van der Waals surface area contributed by atoms with Crippen LogP contribution in [0.3, 0.4) is 0 Å². The van der Waals surface area contributed by atoms with Gasteiger partial charge in [0.2, 0.25) is 10.1 Å². The van der Waals surface area contributed by atoms with Crippen molar-refractivity contribution in [2.75, 3.05) is 5.32 Å². The third kappa shape index (κ3) is 2.16. The summed E-state index contributed by atoms with van der Waals surface area (Å²) in [6.07, 6.45) is 7.28. The molecule has 17 heavy (non-hydrogen) atoms. The Morgan fingerprint density at radius 1 is 1.41 bits per heavy atom. The zero-order chi connectivity index (χ0) is 11.8. The zero-order valence-electron chi connectivity index (χ0n) is 10.3. The standard InChI is InChI=1S/C12H18N4S/c1-8-5-3-4-6-10(8)14-11-15-16-7-9(2)13-12(16)17-11/h7-8,10H,3-6H2,1-2H3,(H,14,15). The molecule has 2 aromatic heterocycles. The fraction of sp³-hybridized carbons (Fsp3) is 0.667. The highest BCUT2D eigenvalue weighted by atomic mass is 32.1. The first-order valence-corrected chi connectivity index (χ1v) is 7.13. The average molecular weight is 250 g/mol.